The van der Waals surface area contributed by atoms with Crippen LogP contribution in [0.25, 0.3) is 0 Å². The monoisotopic (exact) mass is 384 g/mol. The van der Waals surface area contributed by atoms with Crippen molar-refractivity contribution in [3.8, 4) is 0 Å². The van der Waals surface area contributed by atoms with E-state index in [0.29, 0.717) is 37.8 Å². The number of aromatic nitrogens is 3. The number of pyridine rings is 1. The van der Waals surface area contributed by atoms with Gasteiger partial charge in [-0.25, -0.2) is 14.8 Å². The highest BCUT2D eigenvalue weighted by Gasteiger charge is 2.23. The molecule has 0 aromatic carbocycles. The van der Waals surface area contributed by atoms with Gasteiger partial charge in [0.25, 0.3) is 5.91 Å². The van der Waals surface area contributed by atoms with Crippen LogP contribution in [0.4, 0.5) is 10.7 Å². The number of likely N-dealkylation sites (tertiary alicyclic amines) is 1. The molecule has 9 heteroatoms. The molecule has 2 amide bonds. The summed E-state index contributed by atoms with van der Waals surface area (Å²) in [7, 11) is 0. The number of carbonyl (C=O) groups is 2. The average molecular weight is 384 g/mol. The molecule has 148 valence electrons. The van der Waals surface area contributed by atoms with Crippen LogP contribution < -0.4 is 10.6 Å². The van der Waals surface area contributed by atoms with Crippen molar-refractivity contribution in [1.29, 1.82) is 0 Å². The van der Waals surface area contributed by atoms with Gasteiger partial charge in [-0.05, 0) is 37.5 Å². The Bertz CT molecular complexity index is 776. The van der Waals surface area contributed by atoms with E-state index in [-0.39, 0.29) is 18.0 Å². The van der Waals surface area contributed by atoms with Gasteiger partial charge >= 0.3 is 6.09 Å². The van der Waals surface area contributed by atoms with Crippen molar-refractivity contribution in [1.82, 2.24) is 25.2 Å². The first-order chi connectivity index (χ1) is 13.7. The molecule has 1 aliphatic heterocycles. The fourth-order valence-electron chi connectivity index (χ4n) is 2.91. The van der Waals surface area contributed by atoms with Crippen LogP contribution in [0.5, 0.6) is 0 Å². The van der Waals surface area contributed by atoms with Crippen LogP contribution in [0.15, 0.2) is 36.9 Å². The van der Waals surface area contributed by atoms with Gasteiger partial charge in [0.1, 0.15) is 0 Å². The first-order valence-corrected chi connectivity index (χ1v) is 9.33. The van der Waals surface area contributed by atoms with E-state index in [1.54, 1.807) is 24.2 Å². The Morgan fingerprint density at radius 3 is 2.50 bits per heavy atom. The molecule has 28 heavy (non-hydrogen) atoms. The predicted molar refractivity (Wildman–Crippen MR) is 103 cm³/mol. The molecule has 0 radical (unpaired) electrons. The van der Waals surface area contributed by atoms with Gasteiger partial charge in [0, 0.05) is 50.5 Å². The summed E-state index contributed by atoms with van der Waals surface area (Å²) in [6, 6.07) is 3.87. The van der Waals surface area contributed by atoms with Crippen molar-refractivity contribution in [3.63, 3.8) is 0 Å². The number of nitrogens with one attached hydrogen (secondary N) is 2. The van der Waals surface area contributed by atoms with Gasteiger partial charge in [-0.1, -0.05) is 0 Å². The number of hydrogen-bond acceptors (Lipinski definition) is 7. The van der Waals surface area contributed by atoms with Gasteiger partial charge in [0.15, 0.2) is 0 Å². The summed E-state index contributed by atoms with van der Waals surface area (Å²) in [5, 5.41) is 6.08. The highest BCUT2D eigenvalue weighted by atomic mass is 16.6. The average Bonchev–Trinajstić information content (AvgIpc) is 2.74. The van der Waals surface area contributed by atoms with Gasteiger partial charge in [-0.3, -0.25) is 9.78 Å². The van der Waals surface area contributed by atoms with E-state index in [2.05, 4.69) is 25.6 Å². The number of rotatable bonds is 6. The molecule has 0 unspecified atom stereocenters. The van der Waals surface area contributed by atoms with E-state index in [1.807, 2.05) is 12.1 Å². The highest BCUT2D eigenvalue weighted by Crippen LogP contribution is 2.15. The summed E-state index contributed by atoms with van der Waals surface area (Å²) in [5.41, 5.74) is 1.37. The Kier molecular flexibility index (Phi) is 6.72. The Hall–Kier alpha value is -3.23. The Morgan fingerprint density at radius 2 is 1.86 bits per heavy atom. The van der Waals surface area contributed by atoms with Gasteiger partial charge in [-0.2, -0.15) is 0 Å². The third-order valence-corrected chi connectivity index (χ3v) is 4.47. The van der Waals surface area contributed by atoms with Gasteiger partial charge < -0.3 is 20.3 Å². The summed E-state index contributed by atoms with van der Waals surface area (Å²) in [6.45, 7) is 3.86. The van der Waals surface area contributed by atoms with Crippen molar-refractivity contribution in [2.45, 2.75) is 32.4 Å². The van der Waals surface area contributed by atoms with Crippen molar-refractivity contribution in [3.05, 3.63) is 48.0 Å². The maximum Gasteiger partial charge on any atom is 0.409 e. The van der Waals surface area contributed by atoms with Crippen molar-refractivity contribution >= 4 is 17.9 Å². The molecule has 9 nitrogen and oxygen atoms in total. The minimum absolute atomic E-state index is 0.178. The third-order valence-electron chi connectivity index (χ3n) is 4.47. The summed E-state index contributed by atoms with van der Waals surface area (Å²) in [5.74, 6) is 0.242. The van der Waals surface area contributed by atoms with Gasteiger partial charge in [0.2, 0.25) is 5.95 Å². The van der Waals surface area contributed by atoms with Gasteiger partial charge in [0.05, 0.1) is 12.2 Å². The van der Waals surface area contributed by atoms with Crippen LogP contribution in [-0.2, 0) is 11.3 Å². The molecule has 2 N–H and O–H groups in total. The first kappa shape index (κ1) is 19.5. The van der Waals surface area contributed by atoms with E-state index in [9.17, 15) is 9.59 Å². The van der Waals surface area contributed by atoms with E-state index in [4.69, 9.17) is 4.74 Å². The second-order valence-electron chi connectivity index (χ2n) is 6.44. The van der Waals surface area contributed by atoms with E-state index >= 15 is 0 Å². The molecule has 2 aromatic rings. The van der Waals surface area contributed by atoms with Gasteiger partial charge in [-0.15, -0.1) is 0 Å². The molecule has 0 saturated carbocycles. The van der Waals surface area contributed by atoms with Crippen molar-refractivity contribution in [2.24, 2.45) is 0 Å². The second kappa shape index (κ2) is 9.63. The van der Waals surface area contributed by atoms with Crippen LogP contribution in [0.1, 0.15) is 35.7 Å². The lowest BCUT2D eigenvalue weighted by Crippen LogP contribution is -2.42. The molecular formula is C19H24N6O3. The minimum Gasteiger partial charge on any atom is -0.450 e. The number of anilines is 1. The van der Waals surface area contributed by atoms with E-state index in [1.165, 1.54) is 12.4 Å². The molecule has 0 atom stereocenters. The maximum atomic E-state index is 12.2. The zero-order chi connectivity index (χ0) is 19.8. The van der Waals surface area contributed by atoms with Crippen LogP contribution in [-0.4, -0.2) is 57.6 Å². The Balaban J connectivity index is 1.45. The second-order valence-corrected chi connectivity index (χ2v) is 6.44. The number of ether oxygens (including phenoxy) is 1. The Labute approximate surface area is 163 Å². The van der Waals surface area contributed by atoms with Crippen LogP contribution in [0.2, 0.25) is 0 Å². The molecule has 3 heterocycles. The zero-order valence-electron chi connectivity index (χ0n) is 15.8. The minimum atomic E-state index is -0.265. The van der Waals surface area contributed by atoms with E-state index < -0.39 is 0 Å². The van der Waals surface area contributed by atoms with Crippen molar-refractivity contribution < 1.29 is 14.3 Å². The smallest absolute Gasteiger partial charge is 0.409 e. The lowest BCUT2D eigenvalue weighted by molar-refractivity contribution is 0.0949. The normalized spacial score (nSPS) is 14.4. The fraction of sp³-hybridized carbons (Fsp3) is 0.421. The quantitative estimate of drug-likeness (QED) is 0.782. The number of hydrogen-bond donors (Lipinski definition) is 2. The Morgan fingerprint density at radius 1 is 1.18 bits per heavy atom. The molecular weight excluding hydrogens is 360 g/mol. The molecule has 0 aliphatic carbocycles. The summed E-state index contributed by atoms with van der Waals surface area (Å²) in [6.07, 6.45) is 7.69. The third kappa shape index (κ3) is 5.38. The van der Waals surface area contributed by atoms with Crippen LogP contribution >= 0.6 is 0 Å². The lowest BCUT2D eigenvalue weighted by Gasteiger charge is -2.31. The number of piperidine rings is 1. The molecule has 1 saturated heterocycles. The molecule has 1 fully saturated rings. The highest BCUT2D eigenvalue weighted by molar-refractivity contribution is 5.93. The standard InChI is InChI=1S/C19H24N6O3/c1-2-28-19(27)25-9-5-16(6-10-25)24-18-22-12-15(13-23-18)17(26)21-11-14-3-7-20-8-4-14/h3-4,7-8,12-13,16H,2,5-6,9-11H2,1H3,(H,21,26)(H,22,23,24). The molecule has 3 rings (SSSR count). The molecule has 1 aliphatic rings. The number of nitrogens with zero attached hydrogens (tertiary/aromatic N) is 4. The van der Waals surface area contributed by atoms with Crippen LogP contribution in [0, 0.1) is 0 Å². The predicted octanol–water partition coefficient (Wildman–Crippen LogP) is 1.83. The van der Waals surface area contributed by atoms with E-state index in [0.717, 1.165) is 18.4 Å². The summed E-state index contributed by atoms with van der Waals surface area (Å²) >= 11 is 0. The SMILES string of the molecule is CCOC(=O)N1CCC(Nc2ncc(C(=O)NCc3ccncc3)cn2)CC1. The fourth-order valence-corrected chi connectivity index (χ4v) is 2.91. The largest absolute Gasteiger partial charge is 0.450 e. The zero-order valence-corrected chi connectivity index (χ0v) is 15.8. The lowest BCUT2D eigenvalue weighted by atomic mass is 10.1. The number of amides is 2. The number of carbonyl (C=O) groups excluding carboxylic acids is 2. The first-order valence-electron chi connectivity index (χ1n) is 9.33. The molecule has 2 aromatic heterocycles. The van der Waals surface area contributed by atoms with Crippen LogP contribution in [0.3, 0.4) is 0 Å². The molecule has 0 spiro atoms. The topological polar surface area (TPSA) is 109 Å². The van der Waals surface area contributed by atoms with Crippen molar-refractivity contribution in [2.75, 3.05) is 25.0 Å². The summed E-state index contributed by atoms with van der Waals surface area (Å²) in [4.78, 5) is 38.0. The maximum absolute atomic E-state index is 12.2. The summed E-state index contributed by atoms with van der Waals surface area (Å²) < 4.78 is 5.02. The molecule has 0 bridgehead atoms.